The maximum Gasteiger partial charge on any atom is 0.288 e. The Kier molecular flexibility index (Phi) is 6.76. The van der Waals surface area contributed by atoms with E-state index in [9.17, 15) is 10.1 Å². The highest BCUT2D eigenvalue weighted by molar-refractivity contribution is 6.32. The van der Waals surface area contributed by atoms with Crippen molar-refractivity contribution >= 4 is 41.3 Å². The zero-order valence-corrected chi connectivity index (χ0v) is 18.0. The molecule has 1 N–H and O–H groups in total. The third kappa shape index (κ3) is 5.38. The van der Waals surface area contributed by atoms with Gasteiger partial charge in [-0.2, -0.15) is 20.1 Å². The molecule has 31 heavy (non-hydrogen) atoms. The number of hydrogen-bond acceptors (Lipinski definition) is 9. The number of hydrazone groups is 1. The normalized spacial score (nSPS) is 17.2. The minimum absolute atomic E-state index is 0.0879. The van der Waals surface area contributed by atoms with Gasteiger partial charge in [-0.05, 0) is 44.6 Å². The second kappa shape index (κ2) is 9.86. The zero-order chi connectivity index (χ0) is 21.6. The Morgan fingerprint density at radius 3 is 2.10 bits per heavy atom. The molecule has 0 amide bonds. The topological polar surface area (TPSA) is 113 Å². The van der Waals surface area contributed by atoms with Gasteiger partial charge in [0.25, 0.3) is 5.69 Å². The number of nitrogens with zero attached hydrogens (tertiary/aromatic N) is 7. The first-order valence-corrected chi connectivity index (χ1v) is 11.0. The molecule has 0 unspecified atom stereocenters. The Labute approximate surface area is 185 Å². The fraction of sp³-hybridized carbons (Fsp3) is 0.500. The zero-order valence-electron chi connectivity index (χ0n) is 17.2. The average molecular weight is 445 g/mol. The van der Waals surface area contributed by atoms with Crippen molar-refractivity contribution in [2.75, 3.05) is 41.4 Å². The highest BCUT2D eigenvalue weighted by Crippen LogP contribution is 2.25. The number of nitrogens with one attached hydrogen (secondary N) is 1. The van der Waals surface area contributed by atoms with Crippen LogP contribution in [0, 0.1) is 10.1 Å². The summed E-state index contributed by atoms with van der Waals surface area (Å²) in [7, 11) is 0. The van der Waals surface area contributed by atoms with E-state index in [4.69, 9.17) is 16.6 Å². The predicted octanol–water partition coefficient (Wildman–Crippen LogP) is 3.86. The fourth-order valence-electron chi connectivity index (χ4n) is 3.79. The average Bonchev–Trinajstić information content (AvgIpc) is 2.81. The second-order valence-corrected chi connectivity index (χ2v) is 8.10. The molecule has 2 fully saturated rings. The number of anilines is 3. The maximum absolute atomic E-state index is 11.1. The molecule has 0 radical (unpaired) electrons. The Balaban J connectivity index is 1.55. The van der Waals surface area contributed by atoms with Crippen LogP contribution in [-0.2, 0) is 0 Å². The predicted molar refractivity (Wildman–Crippen MR) is 121 cm³/mol. The highest BCUT2D eigenvalue weighted by atomic mass is 35.5. The molecule has 164 valence electrons. The number of rotatable bonds is 6. The molecule has 4 rings (SSSR count). The molecule has 2 aliphatic rings. The SMILES string of the molecule is O=[N+]([O-])c1cc(C=NNc2nc(N3CCCCC3)nc(N3CCCCC3)n2)ccc1Cl. The van der Waals surface area contributed by atoms with Gasteiger partial charge >= 0.3 is 0 Å². The van der Waals surface area contributed by atoms with E-state index in [-0.39, 0.29) is 10.7 Å². The number of aromatic nitrogens is 3. The van der Waals surface area contributed by atoms with E-state index in [0.29, 0.717) is 23.4 Å². The molecule has 1 aromatic heterocycles. The van der Waals surface area contributed by atoms with Crippen molar-refractivity contribution in [2.45, 2.75) is 38.5 Å². The van der Waals surface area contributed by atoms with Crippen molar-refractivity contribution in [2.24, 2.45) is 5.10 Å². The molecule has 1 aromatic carbocycles. The second-order valence-electron chi connectivity index (χ2n) is 7.69. The van der Waals surface area contributed by atoms with Crippen LogP contribution in [0.15, 0.2) is 23.3 Å². The van der Waals surface area contributed by atoms with Crippen LogP contribution in [0.2, 0.25) is 5.02 Å². The van der Waals surface area contributed by atoms with Crippen LogP contribution in [-0.4, -0.2) is 52.3 Å². The monoisotopic (exact) mass is 444 g/mol. The summed E-state index contributed by atoms with van der Waals surface area (Å²) in [5.41, 5.74) is 3.25. The summed E-state index contributed by atoms with van der Waals surface area (Å²) in [5.74, 6) is 1.68. The molecule has 3 heterocycles. The van der Waals surface area contributed by atoms with Crippen LogP contribution >= 0.6 is 11.6 Å². The van der Waals surface area contributed by atoms with Crippen molar-refractivity contribution < 1.29 is 4.92 Å². The summed E-state index contributed by atoms with van der Waals surface area (Å²) in [6, 6.07) is 4.51. The lowest BCUT2D eigenvalue weighted by molar-refractivity contribution is -0.384. The van der Waals surface area contributed by atoms with Crippen LogP contribution in [0.3, 0.4) is 0 Å². The summed E-state index contributed by atoms with van der Waals surface area (Å²) in [4.78, 5) is 28.8. The van der Waals surface area contributed by atoms with Crippen LogP contribution in [0.4, 0.5) is 23.5 Å². The van der Waals surface area contributed by atoms with Gasteiger partial charge in [-0.3, -0.25) is 10.1 Å². The lowest BCUT2D eigenvalue weighted by atomic mass is 10.1. The number of nitro benzene ring substituents is 1. The van der Waals surface area contributed by atoms with Gasteiger partial charge in [0.15, 0.2) is 0 Å². The molecule has 0 bridgehead atoms. The lowest BCUT2D eigenvalue weighted by Crippen LogP contribution is -2.34. The van der Waals surface area contributed by atoms with Crippen molar-refractivity contribution in [3.05, 3.63) is 38.9 Å². The minimum Gasteiger partial charge on any atom is -0.341 e. The van der Waals surface area contributed by atoms with Crippen LogP contribution < -0.4 is 15.2 Å². The van der Waals surface area contributed by atoms with E-state index in [1.54, 1.807) is 6.07 Å². The van der Waals surface area contributed by atoms with E-state index in [1.165, 1.54) is 31.2 Å². The van der Waals surface area contributed by atoms with Crippen LogP contribution in [0.1, 0.15) is 44.1 Å². The third-order valence-corrected chi connectivity index (χ3v) is 5.75. The molecule has 2 aliphatic heterocycles. The largest absolute Gasteiger partial charge is 0.341 e. The number of piperidine rings is 2. The molecular weight excluding hydrogens is 420 g/mol. The number of nitro groups is 1. The van der Waals surface area contributed by atoms with Gasteiger partial charge in [0.2, 0.25) is 17.8 Å². The van der Waals surface area contributed by atoms with Gasteiger partial charge in [-0.1, -0.05) is 17.7 Å². The maximum atomic E-state index is 11.1. The van der Waals surface area contributed by atoms with Gasteiger partial charge < -0.3 is 9.80 Å². The molecule has 10 nitrogen and oxygen atoms in total. The molecule has 0 saturated carbocycles. The van der Waals surface area contributed by atoms with Crippen molar-refractivity contribution in [1.82, 2.24) is 15.0 Å². The summed E-state index contributed by atoms with van der Waals surface area (Å²) >= 11 is 5.87. The van der Waals surface area contributed by atoms with Crippen molar-refractivity contribution in [3.63, 3.8) is 0 Å². The molecule has 2 saturated heterocycles. The van der Waals surface area contributed by atoms with Gasteiger partial charge in [0.05, 0.1) is 11.1 Å². The molecule has 0 spiro atoms. The van der Waals surface area contributed by atoms with E-state index >= 15 is 0 Å². The lowest BCUT2D eigenvalue weighted by Gasteiger charge is -2.30. The first-order valence-electron chi connectivity index (χ1n) is 10.6. The van der Waals surface area contributed by atoms with E-state index in [0.717, 1.165) is 51.9 Å². The van der Waals surface area contributed by atoms with Crippen LogP contribution in [0.5, 0.6) is 0 Å². The molecule has 0 aliphatic carbocycles. The number of halogens is 1. The summed E-state index contributed by atoms with van der Waals surface area (Å²) in [5, 5.41) is 15.3. The minimum atomic E-state index is -0.519. The van der Waals surface area contributed by atoms with E-state index in [1.807, 2.05) is 0 Å². The van der Waals surface area contributed by atoms with Crippen molar-refractivity contribution in [1.29, 1.82) is 0 Å². The molecule has 11 heteroatoms. The van der Waals surface area contributed by atoms with Gasteiger partial charge in [-0.25, -0.2) is 5.43 Å². The summed E-state index contributed by atoms with van der Waals surface area (Å²) in [6.07, 6.45) is 8.44. The number of benzene rings is 1. The van der Waals surface area contributed by atoms with Gasteiger partial charge in [0, 0.05) is 37.8 Å². The quantitative estimate of drug-likeness (QED) is 0.406. The van der Waals surface area contributed by atoms with E-state index in [2.05, 4.69) is 30.3 Å². The molecular formula is C20H25ClN8O2. The third-order valence-electron chi connectivity index (χ3n) is 5.43. The standard InChI is InChI=1S/C20H25ClN8O2/c21-16-8-7-15(13-17(16)29(30)31)14-22-26-18-23-19(27-9-3-1-4-10-27)25-20(24-18)28-11-5-2-6-12-28/h7-8,13-14H,1-6,9-12H2,(H,23,24,25,26). The molecule has 0 atom stereocenters. The number of hydrogen-bond donors (Lipinski definition) is 1. The first kappa shape index (κ1) is 21.2. The summed E-state index contributed by atoms with van der Waals surface area (Å²) < 4.78 is 0. The highest BCUT2D eigenvalue weighted by Gasteiger charge is 2.20. The smallest absolute Gasteiger partial charge is 0.288 e. The fourth-order valence-corrected chi connectivity index (χ4v) is 3.98. The Morgan fingerprint density at radius 1 is 0.968 bits per heavy atom. The summed E-state index contributed by atoms with van der Waals surface area (Å²) in [6.45, 7) is 3.72. The van der Waals surface area contributed by atoms with Gasteiger partial charge in [0.1, 0.15) is 5.02 Å². The first-order chi connectivity index (χ1) is 15.1. The Bertz CT molecular complexity index is 922. The van der Waals surface area contributed by atoms with Crippen molar-refractivity contribution in [3.8, 4) is 0 Å². The van der Waals surface area contributed by atoms with Gasteiger partial charge in [-0.15, -0.1) is 0 Å². The van der Waals surface area contributed by atoms with Crippen LogP contribution in [0.25, 0.3) is 0 Å². The molecule has 2 aromatic rings. The Hall–Kier alpha value is -3.01. The Morgan fingerprint density at radius 2 is 1.55 bits per heavy atom. The van der Waals surface area contributed by atoms with E-state index < -0.39 is 4.92 Å².